The van der Waals surface area contributed by atoms with Gasteiger partial charge in [0.15, 0.2) is 5.69 Å². The van der Waals surface area contributed by atoms with Crippen molar-refractivity contribution in [1.82, 2.24) is 14.9 Å². The van der Waals surface area contributed by atoms with Gasteiger partial charge in [-0.05, 0) is 17.7 Å². The smallest absolute Gasteiger partial charge is 0.356 e. The van der Waals surface area contributed by atoms with Crippen LogP contribution in [-0.4, -0.2) is 33.1 Å². The van der Waals surface area contributed by atoms with Crippen LogP contribution in [0.5, 0.6) is 0 Å². The minimum Gasteiger partial charge on any atom is -0.476 e. The molecular weight excluding hydrogens is 274 g/mol. The zero-order chi connectivity index (χ0) is 13.8. The number of carbonyl (C=O) groups is 2. The number of carboxylic acid groups (broad SMARTS) is 1. The van der Waals surface area contributed by atoms with Gasteiger partial charge in [-0.15, -0.1) is 0 Å². The highest BCUT2D eigenvalue weighted by Crippen LogP contribution is 2.15. The largest absolute Gasteiger partial charge is 0.476 e. The van der Waals surface area contributed by atoms with Crippen molar-refractivity contribution >= 4 is 23.5 Å². The third-order valence-corrected chi connectivity index (χ3v) is 2.66. The van der Waals surface area contributed by atoms with Gasteiger partial charge in [-0.25, -0.2) is 9.78 Å². The summed E-state index contributed by atoms with van der Waals surface area (Å²) < 4.78 is 6.37. The molecule has 1 amide bonds. The summed E-state index contributed by atoms with van der Waals surface area (Å²) in [4.78, 5) is 26.0. The van der Waals surface area contributed by atoms with Gasteiger partial charge in [0.25, 0.3) is 5.91 Å². The zero-order valence-corrected chi connectivity index (χ0v) is 10.4. The standard InChI is InChI=1S/C11H10ClN3O4/c12-9-7(1-4-19-9)10(16)13-2-3-15-5-8(11(17)18)14-6-15/h1,4-6H,2-3H2,(H,13,16)(H,17,18). The molecule has 0 aliphatic rings. The molecule has 100 valence electrons. The maximum atomic E-state index is 11.7. The van der Waals surface area contributed by atoms with E-state index in [0.29, 0.717) is 13.1 Å². The molecule has 0 fully saturated rings. The van der Waals surface area contributed by atoms with E-state index in [1.54, 1.807) is 4.57 Å². The van der Waals surface area contributed by atoms with Crippen molar-refractivity contribution in [1.29, 1.82) is 0 Å². The van der Waals surface area contributed by atoms with E-state index in [1.807, 2.05) is 0 Å². The van der Waals surface area contributed by atoms with Crippen LogP contribution >= 0.6 is 11.6 Å². The Morgan fingerprint density at radius 2 is 2.32 bits per heavy atom. The van der Waals surface area contributed by atoms with E-state index in [9.17, 15) is 9.59 Å². The number of hydrogen-bond acceptors (Lipinski definition) is 4. The van der Waals surface area contributed by atoms with Crippen LogP contribution in [-0.2, 0) is 6.54 Å². The molecule has 0 aliphatic carbocycles. The Morgan fingerprint density at radius 1 is 1.53 bits per heavy atom. The number of furan rings is 1. The summed E-state index contributed by atoms with van der Waals surface area (Å²) in [5, 5.41) is 11.4. The van der Waals surface area contributed by atoms with E-state index in [2.05, 4.69) is 10.3 Å². The molecule has 2 N–H and O–H groups in total. The molecule has 2 aromatic heterocycles. The van der Waals surface area contributed by atoms with Crippen molar-refractivity contribution in [3.05, 3.63) is 41.3 Å². The van der Waals surface area contributed by atoms with Gasteiger partial charge >= 0.3 is 5.97 Å². The Morgan fingerprint density at radius 3 is 2.89 bits per heavy atom. The average Bonchev–Trinajstić information content (AvgIpc) is 2.97. The summed E-state index contributed by atoms with van der Waals surface area (Å²) in [7, 11) is 0. The number of carboxylic acids is 1. The fourth-order valence-corrected chi connectivity index (χ4v) is 1.64. The number of nitrogens with one attached hydrogen (secondary N) is 1. The lowest BCUT2D eigenvalue weighted by Gasteiger charge is -2.04. The van der Waals surface area contributed by atoms with Gasteiger partial charge in [0.1, 0.15) is 0 Å². The van der Waals surface area contributed by atoms with Gasteiger partial charge in [-0.2, -0.15) is 0 Å². The van der Waals surface area contributed by atoms with E-state index in [0.717, 1.165) is 0 Å². The molecule has 0 bridgehead atoms. The summed E-state index contributed by atoms with van der Waals surface area (Å²) in [5.74, 6) is -1.44. The first-order chi connectivity index (χ1) is 9.08. The van der Waals surface area contributed by atoms with E-state index >= 15 is 0 Å². The number of nitrogens with zero attached hydrogens (tertiary/aromatic N) is 2. The van der Waals surface area contributed by atoms with Gasteiger partial charge in [0.05, 0.1) is 18.2 Å². The van der Waals surface area contributed by atoms with E-state index in [-0.39, 0.29) is 22.4 Å². The Bertz CT molecular complexity index is 605. The molecule has 0 spiro atoms. The monoisotopic (exact) mass is 283 g/mol. The number of rotatable bonds is 5. The molecule has 0 saturated carbocycles. The van der Waals surface area contributed by atoms with Gasteiger partial charge in [0, 0.05) is 19.3 Å². The minimum atomic E-state index is -1.09. The highest BCUT2D eigenvalue weighted by atomic mass is 35.5. The van der Waals surface area contributed by atoms with Crippen molar-refractivity contribution in [2.45, 2.75) is 6.54 Å². The molecule has 0 atom stereocenters. The van der Waals surface area contributed by atoms with Crippen LogP contribution < -0.4 is 5.32 Å². The molecule has 7 nitrogen and oxygen atoms in total. The summed E-state index contributed by atoms with van der Waals surface area (Å²) in [6.07, 6.45) is 4.10. The van der Waals surface area contributed by atoms with E-state index in [1.165, 1.54) is 24.9 Å². The van der Waals surface area contributed by atoms with Gasteiger partial charge < -0.3 is 19.4 Å². The Hall–Kier alpha value is -2.28. The second-order valence-electron chi connectivity index (χ2n) is 3.67. The fourth-order valence-electron chi connectivity index (χ4n) is 1.44. The average molecular weight is 284 g/mol. The third kappa shape index (κ3) is 3.14. The Labute approximate surface area is 112 Å². The molecule has 19 heavy (non-hydrogen) atoms. The molecule has 0 unspecified atom stereocenters. The predicted molar refractivity (Wildman–Crippen MR) is 65.2 cm³/mol. The van der Waals surface area contributed by atoms with Gasteiger partial charge in [-0.3, -0.25) is 4.79 Å². The molecule has 0 aromatic carbocycles. The van der Waals surface area contributed by atoms with E-state index in [4.69, 9.17) is 21.1 Å². The molecule has 8 heteroatoms. The Kier molecular flexibility index (Phi) is 3.86. The van der Waals surface area contributed by atoms with Crippen molar-refractivity contribution < 1.29 is 19.1 Å². The summed E-state index contributed by atoms with van der Waals surface area (Å²) in [5.41, 5.74) is 0.225. The lowest BCUT2D eigenvalue weighted by Crippen LogP contribution is -2.26. The first-order valence-electron chi connectivity index (χ1n) is 5.34. The highest BCUT2D eigenvalue weighted by Gasteiger charge is 2.12. The summed E-state index contributed by atoms with van der Waals surface area (Å²) >= 11 is 5.66. The van der Waals surface area contributed by atoms with Crippen LogP contribution in [0.3, 0.4) is 0 Å². The highest BCUT2D eigenvalue weighted by molar-refractivity contribution is 6.32. The zero-order valence-electron chi connectivity index (χ0n) is 9.67. The normalized spacial score (nSPS) is 10.4. The molecule has 0 saturated heterocycles. The fraction of sp³-hybridized carbons (Fsp3) is 0.182. The minimum absolute atomic E-state index is 0.0355. The van der Waals surface area contributed by atoms with Crippen LogP contribution in [0, 0.1) is 0 Å². The van der Waals surface area contributed by atoms with Crippen molar-refractivity contribution in [2.75, 3.05) is 6.54 Å². The van der Waals surface area contributed by atoms with Crippen LogP contribution in [0.15, 0.2) is 29.3 Å². The maximum absolute atomic E-state index is 11.7. The number of halogens is 1. The van der Waals surface area contributed by atoms with Gasteiger partial charge in [0.2, 0.25) is 5.22 Å². The topological polar surface area (TPSA) is 97.4 Å². The number of amides is 1. The quantitative estimate of drug-likeness (QED) is 0.861. The molecule has 2 heterocycles. The molecule has 0 radical (unpaired) electrons. The summed E-state index contributed by atoms with van der Waals surface area (Å²) in [6.45, 7) is 0.719. The predicted octanol–water partition coefficient (Wildman–Crippen LogP) is 1.26. The van der Waals surface area contributed by atoms with Gasteiger partial charge in [-0.1, -0.05) is 0 Å². The number of aromatic carboxylic acids is 1. The lowest BCUT2D eigenvalue weighted by molar-refractivity contribution is 0.0690. The number of carbonyl (C=O) groups excluding carboxylic acids is 1. The maximum Gasteiger partial charge on any atom is 0.356 e. The summed E-state index contributed by atoms with van der Waals surface area (Å²) in [6, 6.07) is 1.47. The number of imidazole rings is 1. The van der Waals surface area contributed by atoms with Crippen LogP contribution in [0.1, 0.15) is 20.8 Å². The van der Waals surface area contributed by atoms with Crippen LogP contribution in [0.4, 0.5) is 0 Å². The van der Waals surface area contributed by atoms with Crippen LogP contribution in [0.2, 0.25) is 5.22 Å². The second-order valence-corrected chi connectivity index (χ2v) is 4.01. The number of aromatic nitrogens is 2. The lowest BCUT2D eigenvalue weighted by atomic mass is 10.3. The van der Waals surface area contributed by atoms with Crippen molar-refractivity contribution in [3.63, 3.8) is 0 Å². The first-order valence-corrected chi connectivity index (χ1v) is 5.72. The first kappa shape index (κ1) is 13.2. The van der Waals surface area contributed by atoms with Crippen LogP contribution in [0.25, 0.3) is 0 Å². The third-order valence-electron chi connectivity index (χ3n) is 2.37. The molecule has 0 aliphatic heterocycles. The molecular formula is C11H10ClN3O4. The Balaban J connectivity index is 1.85. The van der Waals surface area contributed by atoms with E-state index < -0.39 is 5.97 Å². The SMILES string of the molecule is O=C(O)c1cn(CCNC(=O)c2ccoc2Cl)cn1. The number of hydrogen-bond donors (Lipinski definition) is 2. The molecule has 2 aromatic rings. The van der Waals surface area contributed by atoms with Crippen molar-refractivity contribution in [3.8, 4) is 0 Å². The molecule has 2 rings (SSSR count). The second kappa shape index (κ2) is 5.57. The van der Waals surface area contributed by atoms with Crippen molar-refractivity contribution in [2.24, 2.45) is 0 Å².